The summed E-state index contributed by atoms with van der Waals surface area (Å²) in [7, 11) is 0. The summed E-state index contributed by atoms with van der Waals surface area (Å²) in [4.78, 5) is 31.1. The van der Waals surface area contributed by atoms with Crippen molar-refractivity contribution in [3.05, 3.63) is 35.7 Å². The van der Waals surface area contributed by atoms with Crippen LogP contribution in [-0.2, 0) is 9.59 Å². The number of rotatable bonds is 8. The predicted molar refractivity (Wildman–Crippen MR) is 107 cm³/mol. The topological polar surface area (TPSA) is 62.3 Å². The first-order valence-corrected chi connectivity index (χ1v) is 9.88. The maximum absolute atomic E-state index is 12.5. The van der Waals surface area contributed by atoms with E-state index in [1.807, 2.05) is 63.4 Å². The Morgan fingerprint density at radius 3 is 2.50 bits per heavy atom. The lowest BCUT2D eigenvalue weighted by molar-refractivity contribution is -0.138. The fraction of sp³-hybridized carbons (Fsp3) is 0.450. The van der Waals surface area contributed by atoms with Crippen molar-refractivity contribution in [3.63, 3.8) is 0 Å². The summed E-state index contributed by atoms with van der Waals surface area (Å²) in [5.41, 5.74) is 1.85. The van der Waals surface area contributed by atoms with Gasteiger partial charge in [0.1, 0.15) is 0 Å². The molecule has 2 amide bonds. The van der Waals surface area contributed by atoms with Crippen molar-refractivity contribution < 1.29 is 9.59 Å². The first-order chi connectivity index (χ1) is 12.4. The summed E-state index contributed by atoms with van der Waals surface area (Å²) < 4.78 is 0. The van der Waals surface area contributed by atoms with Gasteiger partial charge in [-0.1, -0.05) is 58.0 Å². The van der Waals surface area contributed by atoms with Crippen molar-refractivity contribution in [3.8, 4) is 11.3 Å². The summed E-state index contributed by atoms with van der Waals surface area (Å²) in [5.74, 6) is 0.0446. The summed E-state index contributed by atoms with van der Waals surface area (Å²) in [5, 5.41) is 5.29. The molecular weight excluding hydrogens is 346 g/mol. The third kappa shape index (κ3) is 5.66. The number of hydrogen-bond donors (Lipinski definition) is 1. The Labute approximate surface area is 159 Å². The Bertz CT molecular complexity index is 728. The van der Waals surface area contributed by atoms with E-state index >= 15 is 0 Å². The molecule has 0 fully saturated rings. The molecule has 1 N–H and O–H groups in total. The minimum atomic E-state index is -0.212. The number of carbonyl (C=O) groups excluding carboxylic acids is 2. The fourth-order valence-corrected chi connectivity index (χ4v) is 3.30. The molecule has 0 bridgehead atoms. The quantitative estimate of drug-likeness (QED) is 0.751. The van der Waals surface area contributed by atoms with Crippen molar-refractivity contribution >= 4 is 28.3 Å². The average Bonchev–Trinajstić information content (AvgIpc) is 3.08. The van der Waals surface area contributed by atoms with E-state index < -0.39 is 0 Å². The Kier molecular flexibility index (Phi) is 7.33. The molecule has 0 aliphatic rings. The van der Waals surface area contributed by atoms with Crippen LogP contribution in [0.25, 0.3) is 11.3 Å². The van der Waals surface area contributed by atoms with E-state index in [1.54, 1.807) is 4.90 Å². The van der Waals surface area contributed by atoms with Crippen LogP contribution in [0.5, 0.6) is 0 Å². The van der Waals surface area contributed by atoms with Gasteiger partial charge in [0, 0.05) is 23.4 Å². The van der Waals surface area contributed by atoms with Crippen LogP contribution in [0.1, 0.15) is 34.1 Å². The second kappa shape index (κ2) is 9.48. The number of nitrogens with one attached hydrogen (secondary N) is 1. The highest BCUT2D eigenvalue weighted by atomic mass is 32.1. The maximum atomic E-state index is 12.5. The fourth-order valence-electron chi connectivity index (χ4n) is 2.56. The molecule has 2 aromatic rings. The van der Waals surface area contributed by atoms with E-state index in [-0.39, 0.29) is 24.3 Å². The molecule has 6 heteroatoms. The number of benzene rings is 1. The average molecular weight is 374 g/mol. The van der Waals surface area contributed by atoms with Crippen molar-refractivity contribution in [2.24, 2.45) is 11.8 Å². The van der Waals surface area contributed by atoms with Gasteiger partial charge in [-0.25, -0.2) is 4.98 Å². The van der Waals surface area contributed by atoms with E-state index in [2.05, 4.69) is 10.3 Å². The monoisotopic (exact) mass is 373 g/mol. The van der Waals surface area contributed by atoms with E-state index in [9.17, 15) is 9.59 Å². The van der Waals surface area contributed by atoms with Crippen LogP contribution in [0, 0.1) is 11.8 Å². The van der Waals surface area contributed by atoms with Gasteiger partial charge in [0.05, 0.1) is 12.2 Å². The van der Waals surface area contributed by atoms with Crippen molar-refractivity contribution in [2.45, 2.75) is 34.1 Å². The smallest absolute Gasteiger partial charge is 0.245 e. The molecule has 0 saturated carbocycles. The van der Waals surface area contributed by atoms with Crippen LogP contribution < -0.4 is 5.32 Å². The first-order valence-electron chi connectivity index (χ1n) is 9.00. The second-order valence-corrected chi connectivity index (χ2v) is 7.73. The zero-order valence-electron chi connectivity index (χ0n) is 15.9. The number of hydrogen-bond acceptors (Lipinski definition) is 4. The van der Waals surface area contributed by atoms with Crippen LogP contribution in [0.15, 0.2) is 35.7 Å². The summed E-state index contributed by atoms with van der Waals surface area (Å²) in [6, 6.07) is 9.83. The Balaban J connectivity index is 2.01. The lowest BCUT2D eigenvalue weighted by Crippen LogP contribution is -2.42. The molecule has 2 rings (SSSR count). The lowest BCUT2D eigenvalue weighted by atomic mass is 10.1. The lowest BCUT2D eigenvalue weighted by Gasteiger charge is -2.26. The minimum Gasteiger partial charge on any atom is -0.333 e. The maximum Gasteiger partial charge on any atom is 0.245 e. The van der Waals surface area contributed by atoms with Crippen molar-refractivity contribution in [1.29, 1.82) is 0 Å². The molecule has 1 heterocycles. The number of carbonyl (C=O) groups is 2. The molecule has 5 nitrogen and oxygen atoms in total. The molecular formula is C20H27N3O2S. The zero-order valence-corrected chi connectivity index (χ0v) is 16.7. The van der Waals surface area contributed by atoms with Crippen LogP contribution in [0.4, 0.5) is 5.13 Å². The van der Waals surface area contributed by atoms with Gasteiger partial charge in [-0.05, 0) is 12.3 Å². The number of anilines is 1. The van der Waals surface area contributed by atoms with Crippen molar-refractivity contribution in [1.82, 2.24) is 9.88 Å². The van der Waals surface area contributed by atoms with Gasteiger partial charge in [-0.2, -0.15) is 0 Å². The molecule has 140 valence electrons. The highest BCUT2D eigenvalue weighted by Gasteiger charge is 2.22. The molecule has 1 atom stereocenters. The highest BCUT2D eigenvalue weighted by molar-refractivity contribution is 7.14. The van der Waals surface area contributed by atoms with E-state index in [4.69, 9.17) is 0 Å². The van der Waals surface area contributed by atoms with Gasteiger partial charge in [0.25, 0.3) is 0 Å². The van der Waals surface area contributed by atoms with Gasteiger partial charge in [0.2, 0.25) is 11.8 Å². The van der Waals surface area contributed by atoms with E-state index in [0.29, 0.717) is 17.6 Å². The third-order valence-electron chi connectivity index (χ3n) is 4.09. The normalized spacial score (nSPS) is 12.0. The van der Waals surface area contributed by atoms with Gasteiger partial charge in [-0.3, -0.25) is 9.59 Å². The number of amides is 2. The van der Waals surface area contributed by atoms with E-state index in [1.165, 1.54) is 11.3 Å². The molecule has 1 aromatic heterocycles. The SMILES string of the molecule is CCC(C)C(=O)N(CC(=O)Nc1nc(-c2ccccc2)cs1)CC(C)C. The summed E-state index contributed by atoms with van der Waals surface area (Å²) >= 11 is 1.39. The van der Waals surface area contributed by atoms with Crippen LogP contribution in [-0.4, -0.2) is 34.8 Å². The molecule has 1 unspecified atom stereocenters. The molecule has 26 heavy (non-hydrogen) atoms. The van der Waals surface area contributed by atoms with E-state index in [0.717, 1.165) is 17.7 Å². The number of nitrogens with zero attached hydrogens (tertiary/aromatic N) is 2. The molecule has 0 aliphatic heterocycles. The van der Waals surface area contributed by atoms with Crippen LogP contribution >= 0.6 is 11.3 Å². The third-order valence-corrected chi connectivity index (χ3v) is 4.84. The van der Waals surface area contributed by atoms with Gasteiger partial charge in [0.15, 0.2) is 5.13 Å². The Hall–Kier alpha value is -2.21. The largest absolute Gasteiger partial charge is 0.333 e. The molecule has 0 saturated heterocycles. The first kappa shape index (κ1) is 20.1. The van der Waals surface area contributed by atoms with Crippen LogP contribution in [0.3, 0.4) is 0 Å². The number of aromatic nitrogens is 1. The molecule has 0 radical (unpaired) electrons. The highest BCUT2D eigenvalue weighted by Crippen LogP contribution is 2.24. The standard InChI is InChI=1S/C20H27N3O2S/c1-5-15(4)19(25)23(11-14(2)3)12-18(24)22-20-21-17(13-26-20)16-9-7-6-8-10-16/h6-10,13-15H,5,11-12H2,1-4H3,(H,21,22,24). The molecule has 0 spiro atoms. The summed E-state index contributed by atoms with van der Waals surface area (Å²) in [6.45, 7) is 8.60. The van der Waals surface area contributed by atoms with Gasteiger partial charge >= 0.3 is 0 Å². The van der Waals surface area contributed by atoms with Gasteiger partial charge in [-0.15, -0.1) is 11.3 Å². The summed E-state index contributed by atoms with van der Waals surface area (Å²) in [6.07, 6.45) is 0.766. The Morgan fingerprint density at radius 2 is 1.88 bits per heavy atom. The minimum absolute atomic E-state index is 0.0282. The van der Waals surface area contributed by atoms with Crippen LogP contribution in [0.2, 0.25) is 0 Å². The zero-order chi connectivity index (χ0) is 19.1. The molecule has 1 aromatic carbocycles. The second-order valence-electron chi connectivity index (χ2n) is 6.87. The van der Waals surface area contributed by atoms with Gasteiger partial charge < -0.3 is 10.2 Å². The predicted octanol–water partition coefficient (Wildman–Crippen LogP) is 4.28. The van der Waals surface area contributed by atoms with Crippen molar-refractivity contribution in [2.75, 3.05) is 18.4 Å². The Morgan fingerprint density at radius 1 is 1.19 bits per heavy atom. The molecule has 0 aliphatic carbocycles. The number of thiazole rings is 1.